The number of pyridine rings is 3. The molecule has 2 N–H and O–H groups in total. The quantitative estimate of drug-likeness (QED) is 0.736. The molecule has 0 aromatic carbocycles. The van der Waals surface area contributed by atoms with Crippen molar-refractivity contribution in [3.63, 3.8) is 0 Å². The van der Waals surface area contributed by atoms with E-state index in [9.17, 15) is 14.7 Å². The first kappa shape index (κ1) is 15.5. The number of carboxylic acids is 1. The van der Waals surface area contributed by atoms with Crippen molar-refractivity contribution >= 4 is 22.9 Å². The Hall–Kier alpha value is -3.35. The maximum Gasteiger partial charge on any atom is 0.326 e. The normalized spacial score (nSPS) is 11.8. The molecule has 0 saturated heterocycles. The van der Waals surface area contributed by atoms with Gasteiger partial charge in [-0.3, -0.25) is 14.8 Å². The number of rotatable bonds is 5. The summed E-state index contributed by atoms with van der Waals surface area (Å²) < 4.78 is 0. The van der Waals surface area contributed by atoms with Crippen LogP contribution in [0.5, 0.6) is 0 Å². The van der Waals surface area contributed by atoms with Gasteiger partial charge in [-0.05, 0) is 42.0 Å². The lowest BCUT2D eigenvalue weighted by atomic mass is 10.1. The molecular formula is C17H14N4O3. The average molecular weight is 322 g/mol. The zero-order chi connectivity index (χ0) is 16.9. The molecule has 3 heterocycles. The van der Waals surface area contributed by atoms with E-state index in [0.717, 1.165) is 5.56 Å². The fourth-order valence-electron chi connectivity index (χ4n) is 2.27. The first-order valence-corrected chi connectivity index (χ1v) is 7.28. The molecule has 7 heteroatoms. The number of nitrogens with one attached hydrogen (secondary N) is 1. The molecule has 0 saturated carbocycles. The lowest BCUT2D eigenvalue weighted by Crippen LogP contribution is -2.42. The standard InChI is InChI=1S/C17H14N4O3/c22-16(14-4-3-12-13(20-14)2-1-7-19-12)21-15(17(23)24)10-11-5-8-18-9-6-11/h1-9,15H,10H2,(H,21,22)(H,23,24). The third-order valence-corrected chi connectivity index (χ3v) is 3.48. The molecule has 120 valence electrons. The molecule has 1 unspecified atom stereocenters. The summed E-state index contributed by atoms with van der Waals surface area (Å²) in [7, 11) is 0. The Morgan fingerprint density at radius 3 is 2.58 bits per heavy atom. The zero-order valence-electron chi connectivity index (χ0n) is 12.6. The molecule has 0 bridgehead atoms. The van der Waals surface area contributed by atoms with Crippen LogP contribution < -0.4 is 5.32 Å². The molecule has 0 aliphatic heterocycles. The molecule has 3 aromatic rings. The number of amides is 1. The van der Waals surface area contributed by atoms with E-state index in [2.05, 4.69) is 20.3 Å². The van der Waals surface area contributed by atoms with Gasteiger partial charge in [0.05, 0.1) is 11.0 Å². The van der Waals surface area contributed by atoms with Crippen LogP contribution >= 0.6 is 0 Å². The molecule has 3 aromatic heterocycles. The molecule has 24 heavy (non-hydrogen) atoms. The van der Waals surface area contributed by atoms with Crippen LogP contribution in [0.1, 0.15) is 16.1 Å². The molecule has 0 fully saturated rings. The summed E-state index contributed by atoms with van der Waals surface area (Å²) in [5, 5.41) is 11.8. The van der Waals surface area contributed by atoms with Crippen molar-refractivity contribution in [2.75, 3.05) is 0 Å². The summed E-state index contributed by atoms with van der Waals surface area (Å²) in [5.41, 5.74) is 2.16. The average Bonchev–Trinajstić information content (AvgIpc) is 2.61. The van der Waals surface area contributed by atoms with Crippen LogP contribution in [-0.2, 0) is 11.2 Å². The van der Waals surface area contributed by atoms with E-state index in [0.29, 0.717) is 11.0 Å². The van der Waals surface area contributed by atoms with E-state index in [4.69, 9.17) is 0 Å². The number of hydrogen-bond acceptors (Lipinski definition) is 5. The van der Waals surface area contributed by atoms with Crippen molar-refractivity contribution in [1.82, 2.24) is 20.3 Å². The van der Waals surface area contributed by atoms with Gasteiger partial charge in [-0.2, -0.15) is 0 Å². The first-order chi connectivity index (χ1) is 11.6. The van der Waals surface area contributed by atoms with E-state index >= 15 is 0 Å². The molecule has 0 aliphatic rings. The van der Waals surface area contributed by atoms with Gasteiger partial charge in [0.2, 0.25) is 0 Å². The maximum absolute atomic E-state index is 12.3. The Labute approximate surface area is 137 Å². The van der Waals surface area contributed by atoms with Gasteiger partial charge in [0.15, 0.2) is 0 Å². The van der Waals surface area contributed by atoms with Gasteiger partial charge < -0.3 is 10.4 Å². The van der Waals surface area contributed by atoms with E-state index in [-0.39, 0.29) is 12.1 Å². The summed E-state index contributed by atoms with van der Waals surface area (Å²) in [6.45, 7) is 0. The minimum atomic E-state index is -1.11. The molecular weight excluding hydrogens is 308 g/mol. The summed E-state index contributed by atoms with van der Waals surface area (Å²) in [6, 6.07) is 9.03. The smallest absolute Gasteiger partial charge is 0.326 e. The Kier molecular flexibility index (Phi) is 4.42. The monoisotopic (exact) mass is 322 g/mol. The van der Waals surface area contributed by atoms with Crippen LogP contribution in [0.3, 0.4) is 0 Å². The van der Waals surface area contributed by atoms with E-state index in [1.165, 1.54) is 6.07 Å². The number of carbonyl (C=O) groups is 2. The van der Waals surface area contributed by atoms with Crippen molar-refractivity contribution in [1.29, 1.82) is 0 Å². The largest absolute Gasteiger partial charge is 0.480 e. The second-order valence-corrected chi connectivity index (χ2v) is 5.16. The molecule has 1 amide bonds. The highest BCUT2D eigenvalue weighted by atomic mass is 16.4. The summed E-state index contributed by atoms with van der Waals surface area (Å²) in [6.07, 6.45) is 4.96. The van der Waals surface area contributed by atoms with Crippen molar-refractivity contribution in [2.24, 2.45) is 0 Å². The molecule has 0 spiro atoms. The van der Waals surface area contributed by atoms with Gasteiger partial charge in [-0.15, -0.1) is 0 Å². The van der Waals surface area contributed by atoms with Crippen LogP contribution in [0.2, 0.25) is 0 Å². The minimum absolute atomic E-state index is 0.150. The Balaban J connectivity index is 1.78. The Morgan fingerprint density at radius 1 is 1.04 bits per heavy atom. The highest BCUT2D eigenvalue weighted by Gasteiger charge is 2.21. The van der Waals surface area contributed by atoms with Crippen molar-refractivity contribution in [3.8, 4) is 0 Å². The maximum atomic E-state index is 12.3. The number of nitrogens with zero attached hydrogens (tertiary/aromatic N) is 3. The number of hydrogen-bond donors (Lipinski definition) is 2. The number of carboxylic acid groups (broad SMARTS) is 1. The van der Waals surface area contributed by atoms with Crippen LogP contribution in [0.25, 0.3) is 11.0 Å². The van der Waals surface area contributed by atoms with Crippen molar-refractivity contribution in [2.45, 2.75) is 12.5 Å². The number of carbonyl (C=O) groups excluding carboxylic acids is 1. The highest BCUT2D eigenvalue weighted by molar-refractivity contribution is 5.96. The van der Waals surface area contributed by atoms with E-state index in [1.54, 1.807) is 48.9 Å². The van der Waals surface area contributed by atoms with Crippen molar-refractivity contribution < 1.29 is 14.7 Å². The van der Waals surface area contributed by atoms with Gasteiger partial charge in [0.25, 0.3) is 5.91 Å². The highest BCUT2D eigenvalue weighted by Crippen LogP contribution is 2.10. The first-order valence-electron chi connectivity index (χ1n) is 7.28. The van der Waals surface area contributed by atoms with Gasteiger partial charge in [-0.1, -0.05) is 0 Å². The predicted molar refractivity (Wildman–Crippen MR) is 86.4 cm³/mol. The molecule has 3 rings (SSSR count). The van der Waals surface area contributed by atoms with E-state index in [1.807, 2.05) is 0 Å². The Morgan fingerprint density at radius 2 is 1.83 bits per heavy atom. The van der Waals surface area contributed by atoms with Crippen LogP contribution in [0, 0.1) is 0 Å². The summed E-state index contributed by atoms with van der Waals surface area (Å²) >= 11 is 0. The number of aliphatic carboxylic acids is 1. The second-order valence-electron chi connectivity index (χ2n) is 5.16. The molecule has 7 nitrogen and oxygen atoms in total. The minimum Gasteiger partial charge on any atom is -0.480 e. The molecule has 1 atom stereocenters. The fourth-order valence-corrected chi connectivity index (χ4v) is 2.27. The molecule has 0 aliphatic carbocycles. The van der Waals surface area contributed by atoms with E-state index < -0.39 is 17.9 Å². The van der Waals surface area contributed by atoms with Gasteiger partial charge in [0.1, 0.15) is 11.7 Å². The van der Waals surface area contributed by atoms with Gasteiger partial charge >= 0.3 is 5.97 Å². The van der Waals surface area contributed by atoms with Crippen molar-refractivity contribution in [3.05, 3.63) is 66.2 Å². The fraction of sp³-hybridized carbons (Fsp3) is 0.118. The third kappa shape index (κ3) is 3.52. The van der Waals surface area contributed by atoms with Crippen LogP contribution in [0.15, 0.2) is 55.0 Å². The molecule has 0 radical (unpaired) electrons. The number of aromatic nitrogens is 3. The van der Waals surface area contributed by atoms with Crippen LogP contribution in [-0.4, -0.2) is 38.0 Å². The lowest BCUT2D eigenvalue weighted by molar-refractivity contribution is -0.139. The lowest BCUT2D eigenvalue weighted by Gasteiger charge is -2.14. The topological polar surface area (TPSA) is 105 Å². The SMILES string of the molecule is O=C(NC(Cc1ccncc1)C(=O)O)c1ccc2ncccc2n1. The second kappa shape index (κ2) is 6.82. The van der Waals surface area contributed by atoms with Gasteiger partial charge in [-0.25, -0.2) is 9.78 Å². The number of fused-ring (bicyclic) bond motifs is 1. The van der Waals surface area contributed by atoms with Crippen LogP contribution in [0.4, 0.5) is 0 Å². The summed E-state index contributed by atoms with van der Waals surface area (Å²) in [4.78, 5) is 36.0. The zero-order valence-corrected chi connectivity index (χ0v) is 12.6. The predicted octanol–water partition coefficient (Wildman–Crippen LogP) is 1.45. The third-order valence-electron chi connectivity index (χ3n) is 3.48. The summed E-state index contributed by atoms with van der Waals surface area (Å²) in [5.74, 6) is -1.65. The Bertz CT molecular complexity index is 883. The van der Waals surface area contributed by atoms with Gasteiger partial charge in [0, 0.05) is 25.0 Å².